The highest BCUT2D eigenvalue weighted by molar-refractivity contribution is 7.12. The van der Waals surface area contributed by atoms with Gasteiger partial charge in [-0.25, -0.2) is 4.98 Å². The number of nitrogens with zero attached hydrogens (tertiary/aromatic N) is 3. The lowest BCUT2D eigenvalue weighted by molar-refractivity contribution is -0.115. The summed E-state index contributed by atoms with van der Waals surface area (Å²) in [6, 6.07) is 12.9. The van der Waals surface area contributed by atoms with E-state index in [2.05, 4.69) is 15.4 Å². The molecule has 0 atom stereocenters. The Morgan fingerprint density at radius 1 is 1.29 bits per heavy atom. The molecule has 1 amide bonds. The normalized spacial score (nSPS) is 10.8. The van der Waals surface area contributed by atoms with Gasteiger partial charge < -0.3 is 14.5 Å². The van der Waals surface area contributed by atoms with Crippen molar-refractivity contribution in [3.8, 4) is 22.3 Å². The number of amides is 1. The SMILES string of the molecule is COc1cccc(CC(=O)Nc2cc(C)nn2-c2nc(-c3ccco3)cs2)c1. The Bertz CT molecular complexity index is 1100. The van der Waals surface area contributed by atoms with Crippen LogP contribution in [0.25, 0.3) is 16.6 Å². The number of anilines is 1. The van der Waals surface area contributed by atoms with Crippen LogP contribution in [0, 0.1) is 6.92 Å². The molecule has 0 saturated carbocycles. The molecule has 28 heavy (non-hydrogen) atoms. The molecular formula is C20H18N4O3S. The van der Waals surface area contributed by atoms with E-state index in [0.717, 1.165) is 22.7 Å². The molecule has 0 aliphatic carbocycles. The molecule has 3 heterocycles. The summed E-state index contributed by atoms with van der Waals surface area (Å²) in [6.07, 6.45) is 1.84. The maximum absolute atomic E-state index is 12.5. The van der Waals surface area contributed by atoms with Gasteiger partial charge in [0.15, 0.2) is 5.76 Å². The van der Waals surface area contributed by atoms with Crippen molar-refractivity contribution in [3.05, 3.63) is 65.4 Å². The van der Waals surface area contributed by atoms with Gasteiger partial charge in [0.25, 0.3) is 0 Å². The van der Waals surface area contributed by atoms with Crippen LogP contribution in [0.5, 0.6) is 5.75 Å². The largest absolute Gasteiger partial charge is 0.497 e. The maximum atomic E-state index is 12.5. The lowest BCUT2D eigenvalue weighted by atomic mass is 10.1. The number of ether oxygens (including phenoxy) is 1. The zero-order chi connectivity index (χ0) is 19.5. The third kappa shape index (κ3) is 3.81. The van der Waals surface area contributed by atoms with Crippen LogP contribution in [-0.4, -0.2) is 27.8 Å². The van der Waals surface area contributed by atoms with Crippen LogP contribution in [-0.2, 0) is 11.2 Å². The van der Waals surface area contributed by atoms with E-state index in [1.807, 2.05) is 54.8 Å². The lowest BCUT2D eigenvalue weighted by Crippen LogP contribution is -2.17. The fourth-order valence-corrected chi connectivity index (χ4v) is 3.56. The van der Waals surface area contributed by atoms with E-state index in [0.29, 0.717) is 16.7 Å². The molecule has 0 bridgehead atoms. The first-order chi connectivity index (χ1) is 13.6. The second kappa shape index (κ2) is 7.69. The van der Waals surface area contributed by atoms with Gasteiger partial charge in [-0.3, -0.25) is 4.79 Å². The minimum atomic E-state index is -0.141. The average molecular weight is 394 g/mol. The van der Waals surface area contributed by atoms with Crippen molar-refractivity contribution in [3.63, 3.8) is 0 Å². The molecule has 0 aliphatic rings. The van der Waals surface area contributed by atoms with Gasteiger partial charge >= 0.3 is 0 Å². The van der Waals surface area contributed by atoms with E-state index in [4.69, 9.17) is 9.15 Å². The van der Waals surface area contributed by atoms with E-state index in [9.17, 15) is 4.79 Å². The monoisotopic (exact) mass is 394 g/mol. The summed E-state index contributed by atoms with van der Waals surface area (Å²) in [5.41, 5.74) is 2.38. The van der Waals surface area contributed by atoms with Gasteiger partial charge in [0.1, 0.15) is 17.3 Å². The predicted molar refractivity (Wildman–Crippen MR) is 107 cm³/mol. The van der Waals surface area contributed by atoms with Crippen LogP contribution in [0.15, 0.2) is 58.5 Å². The molecule has 0 spiro atoms. The number of methoxy groups -OCH3 is 1. The van der Waals surface area contributed by atoms with E-state index in [-0.39, 0.29) is 12.3 Å². The first-order valence-corrected chi connectivity index (χ1v) is 9.49. The maximum Gasteiger partial charge on any atom is 0.229 e. The van der Waals surface area contributed by atoms with Crippen molar-refractivity contribution in [2.24, 2.45) is 0 Å². The Kier molecular flexibility index (Phi) is 4.94. The van der Waals surface area contributed by atoms with Gasteiger partial charge in [-0.2, -0.15) is 9.78 Å². The molecule has 1 aromatic carbocycles. The third-order valence-corrected chi connectivity index (χ3v) is 4.86. The fourth-order valence-electron chi connectivity index (χ4n) is 2.79. The number of rotatable bonds is 6. The molecule has 0 aliphatic heterocycles. The molecule has 0 radical (unpaired) electrons. The summed E-state index contributed by atoms with van der Waals surface area (Å²) in [4.78, 5) is 17.1. The standard InChI is InChI=1S/C20H18N4O3S/c1-13-9-18(22-19(25)11-14-5-3-6-15(10-14)26-2)24(23-13)20-21-16(12-28-20)17-7-4-8-27-17/h3-10,12H,11H2,1-2H3,(H,22,25). The fraction of sp³-hybridized carbons (Fsp3) is 0.150. The number of aryl methyl sites for hydroxylation is 1. The van der Waals surface area contributed by atoms with Crippen molar-refractivity contribution in [1.29, 1.82) is 0 Å². The van der Waals surface area contributed by atoms with E-state index >= 15 is 0 Å². The molecular weight excluding hydrogens is 376 g/mol. The second-order valence-corrected chi connectivity index (χ2v) is 6.99. The van der Waals surface area contributed by atoms with Crippen LogP contribution < -0.4 is 10.1 Å². The van der Waals surface area contributed by atoms with E-state index < -0.39 is 0 Å². The molecule has 142 valence electrons. The number of nitrogens with one attached hydrogen (secondary N) is 1. The summed E-state index contributed by atoms with van der Waals surface area (Å²) in [7, 11) is 1.60. The van der Waals surface area contributed by atoms with Crippen LogP contribution in [0.3, 0.4) is 0 Å². The zero-order valence-electron chi connectivity index (χ0n) is 15.4. The lowest BCUT2D eigenvalue weighted by Gasteiger charge is -2.07. The van der Waals surface area contributed by atoms with Crippen molar-refractivity contribution in [2.45, 2.75) is 13.3 Å². The highest BCUT2D eigenvalue weighted by Crippen LogP contribution is 2.26. The second-order valence-electron chi connectivity index (χ2n) is 6.15. The van der Waals surface area contributed by atoms with Crippen LogP contribution in [0.4, 0.5) is 5.82 Å². The van der Waals surface area contributed by atoms with Gasteiger partial charge in [-0.05, 0) is 36.8 Å². The number of carbonyl (C=O) groups excluding carboxylic acids is 1. The van der Waals surface area contributed by atoms with Gasteiger partial charge in [-0.15, -0.1) is 11.3 Å². The number of hydrogen-bond acceptors (Lipinski definition) is 6. The Hall–Kier alpha value is -3.39. The van der Waals surface area contributed by atoms with E-state index in [1.54, 1.807) is 18.1 Å². The molecule has 1 N–H and O–H groups in total. The molecule has 0 fully saturated rings. The highest BCUT2D eigenvalue weighted by Gasteiger charge is 2.15. The number of thiazole rings is 1. The predicted octanol–water partition coefficient (Wildman–Crippen LogP) is 4.09. The Morgan fingerprint density at radius 2 is 2.18 bits per heavy atom. The minimum Gasteiger partial charge on any atom is -0.497 e. The van der Waals surface area contributed by atoms with Crippen molar-refractivity contribution in [1.82, 2.24) is 14.8 Å². The molecule has 4 rings (SSSR count). The molecule has 7 nitrogen and oxygen atoms in total. The van der Waals surface area contributed by atoms with Gasteiger partial charge in [0, 0.05) is 11.4 Å². The molecule has 4 aromatic rings. The van der Waals surface area contributed by atoms with Crippen LogP contribution >= 0.6 is 11.3 Å². The first kappa shape index (κ1) is 18.0. The van der Waals surface area contributed by atoms with Crippen molar-refractivity contribution in [2.75, 3.05) is 12.4 Å². The summed E-state index contributed by atoms with van der Waals surface area (Å²) in [5, 5.41) is 9.93. The number of carbonyl (C=O) groups is 1. The number of hydrogen-bond donors (Lipinski definition) is 1. The number of aromatic nitrogens is 3. The summed E-state index contributed by atoms with van der Waals surface area (Å²) >= 11 is 1.43. The summed E-state index contributed by atoms with van der Waals surface area (Å²) in [6.45, 7) is 1.87. The Labute approximate surface area is 165 Å². The Morgan fingerprint density at radius 3 is 2.96 bits per heavy atom. The Balaban J connectivity index is 1.54. The summed E-state index contributed by atoms with van der Waals surface area (Å²) in [5.74, 6) is 1.84. The first-order valence-electron chi connectivity index (χ1n) is 8.61. The topological polar surface area (TPSA) is 82.2 Å². The molecule has 0 saturated heterocycles. The quantitative estimate of drug-likeness (QED) is 0.533. The number of benzene rings is 1. The zero-order valence-corrected chi connectivity index (χ0v) is 16.2. The third-order valence-electron chi connectivity index (χ3n) is 4.04. The van der Waals surface area contributed by atoms with Gasteiger partial charge in [0.05, 0.1) is 25.5 Å². The smallest absolute Gasteiger partial charge is 0.229 e. The molecule has 8 heteroatoms. The highest BCUT2D eigenvalue weighted by atomic mass is 32.1. The van der Waals surface area contributed by atoms with Crippen molar-refractivity contribution < 1.29 is 13.9 Å². The van der Waals surface area contributed by atoms with Crippen LogP contribution in [0.2, 0.25) is 0 Å². The molecule has 3 aromatic heterocycles. The van der Waals surface area contributed by atoms with E-state index in [1.165, 1.54) is 11.3 Å². The molecule has 0 unspecified atom stereocenters. The minimum absolute atomic E-state index is 0.141. The van der Waals surface area contributed by atoms with Gasteiger partial charge in [-0.1, -0.05) is 12.1 Å². The van der Waals surface area contributed by atoms with Crippen LogP contribution in [0.1, 0.15) is 11.3 Å². The number of furan rings is 1. The summed E-state index contributed by atoms with van der Waals surface area (Å²) < 4.78 is 12.2. The van der Waals surface area contributed by atoms with Gasteiger partial charge in [0.2, 0.25) is 11.0 Å². The average Bonchev–Trinajstić information content (AvgIpc) is 3.42. The van der Waals surface area contributed by atoms with Crippen molar-refractivity contribution >= 4 is 23.1 Å².